The van der Waals surface area contributed by atoms with E-state index in [1.54, 1.807) is 0 Å². The Morgan fingerprint density at radius 3 is 3.00 bits per heavy atom. The van der Waals surface area contributed by atoms with Crippen LogP contribution in [0.1, 0.15) is 38.5 Å². The van der Waals surface area contributed by atoms with Gasteiger partial charge in [-0.3, -0.25) is 4.90 Å². The van der Waals surface area contributed by atoms with Gasteiger partial charge in [-0.1, -0.05) is 25.8 Å². The summed E-state index contributed by atoms with van der Waals surface area (Å²) in [5.41, 5.74) is 8.18. The van der Waals surface area contributed by atoms with E-state index in [1.165, 1.54) is 25.7 Å². The lowest BCUT2D eigenvalue weighted by Gasteiger charge is -2.33. The molecule has 1 saturated carbocycles. The Kier molecular flexibility index (Phi) is 3.66. The molecule has 4 heteroatoms. The van der Waals surface area contributed by atoms with Gasteiger partial charge >= 0.3 is 0 Å². The molecule has 108 valence electrons. The first-order valence-electron chi connectivity index (χ1n) is 7.47. The number of para-hydroxylation sites is 1. The summed E-state index contributed by atoms with van der Waals surface area (Å²) in [6.07, 6.45) is 5.25. The van der Waals surface area contributed by atoms with Crippen molar-refractivity contribution in [1.29, 1.82) is 0 Å². The highest BCUT2D eigenvalue weighted by Gasteiger charge is 2.23. The van der Waals surface area contributed by atoms with Crippen LogP contribution in [0.25, 0.3) is 11.1 Å². The molecular weight excluding hydrogens is 250 g/mol. The van der Waals surface area contributed by atoms with Gasteiger partial charge in [0.15, 0.2) is 5.58 Å². The lowest BCUT2D eigenvalue weighted by molar-refractivity contribution is 0.147. The second-order valence-corrected chi connectivity index (χ2v) is 6.14. The van der Waals surface area contributed by atoms with Crippen molar-refractivity contribution in [3.05, 3.63) is 24.1 Å². The lowest BCUT2D eigenvalue weighted by atomic mass is 9.86. The van der Waals surface area contributed by atoms with Crippen molar-refractivity contribution in [3.8, 4) is 0 Å². The van der Waals surface area contributed by atoms with Gasteiger partial charge in [0, 0.05) is 6.04 Å². The number of oxazole rings is 1. The van der Waals surface area contributed by atoms with Gasteiger partial charge in [0.1, 0.15) is 5.52 Å². The Labute approximate surface area is 120 Å². The smallest absolute Gasteiger partial charge is 0.209 e. The molecule has 1 aliphatic carbocycles. The van der Waals surface area contributed by atoms with E-state index < -0.39 is 0 Å². The third kappa shape index (κ3) is 2.66. The van der Waals surface area contributed by atoms with Crippen molar-refractivity contribution in [3.63, 3.8) is 0 Å². The number of fused-ring (bicyclic) bond motifs is 1. The summed E-state index contributed by atoms with van der Waals surface area (Å²) in [7, 11) is 2.17. The standard InChI is InChI=1S/C16H23N3O/c1-11-5-3-6-12(9-11)19(2)10-15-18-16-13(17)7-4-8-14(16)20-15/h4,7-8,11-12H,3,5-6,9-10,17H2,1-2H3. The van der Waals surface area contributed by atoms with Gasteiger partial charge in [0.2, 0.25) is 5.89 Å². The van der Waals surface area contributed by atoms with E-state index in [9.17, 15) is 0 Å². The maximum absolute atomic E-state index is 5.93. The summed E-state index contributed by atoms with van der Waals surface area (Å²) >= 11 is 0. The second kappa shape index (κ2) is 5.44. The molecule has 0 radical (unpaired) electrons. The van der Waals surface area contributed by atoms with Crippen LogP contribution in [-0.2, 0) is 6.54 Å². The first-order chi connectivity index (χ1) is 9.63. The van der Waals surface area contributed by atoms with Crippen LogP contribution in [0.5, 0.6) is 0 Å². The van der Waals surface area contributed by atoms with Gasteiger partial charge in [-0.25, -0.2) is 4.98 Å². The van der Waals surface area contributed by atoms with Crippen molar-refractivity contribution in [2.24, 2.45) is 5.92 Å². The van der Waals surface area contributed by atoms with Crippen LogP contribution in [0.3, 0.4) is 0 Å². The number of hydrogen-bond acceptors (Lipinski definition) is 4. The number of benzene rings is 1. The molecular formula is C16H23N3O. The van der Waals surface area contributed by atoms with Gasteiger partial charge in [-0.2, -0.15) is 0 Å². The Hall–Kier alpha value is -1.55. The van der Waals surface area contributed by atoms with Gasteiger partial charge in [-0.05, 0) is 37.9 Å². The summed E-state index contributed by atoms with van der Waals surface area (Å²) < 4.78 is 5.80. The monoisotopic (exact) mass is 273 g/mol. The topological polar surface area (TPSA) is 55.3 Å². The quantitative estimate of drug-likeness (QED) is 0.871. The molecule has 20 heavy (non-hydrogen) atoms. The maximum atomic E-state index is 5.93. The van der Waals surface area contributed by atoms with E-state index >= 15 is 0 Å². The molecule has 1 heterocycles. The summed E-state index contributed by atoms with van der Waals surface area (Å²) in [5, 5.41) is 0. The van der Waals surface area contributed by atoms with Gasteiger partial charge < -0.3 is 10.2 Å². The second-order valence-electron chi connectivity index (χ2n) is 6.14. The van der Waals surface area contributed by atoms with Crippen molar-refractivity contribution in [2.75, 3.05) is 12.8 Å². The number of rotatable bonds is 3. The largest absolute Gasteiger partial charge is 0.439 e. The minimum Gasteiger partial charge on any atom is -0.439 e. The molecule has 4 nitrogen and oxygen atoms in total. The Balaban J connectivity index is 1.73. The summed E-state index contributed by atoms with van der Waals surface area (Å²) in [6, 6.07) is 6.33. The SMILES string of the molecule is CC1CCCC(N(C)Cc2nc3c(N)cccc3o2)C1. The fourth-order valence-electron chi connectivity index (χ4n) is 3.23. The van der Waals surface area contributed by atoms with E-state index in [-0.39, 0.29) is 0 Å². The number of aromatic nitrogens is 1. The van der Waals surface area contributed by atoms with Crippen LogP contribution in [-0.4, -0.2) is 23.0 Å². The minimum absolute atomic E-state index is 0.645. The minimum atomic E-state index is 0.645. The molecule has 0 saturated heterocycles. The highest BCUT2D eigenvalue weighted by Crippen LogP contribution is 2.28. The van der Waals surface area contributed by atoms with Crippen LogP contribution in [0.15, 0.2) is 22.6 Å². The highest BCUT2D eigenvalue weighted by molar-refractivity contribution is 5.85. The normalized spacial score (nSPS) is 23.6. The predicted molar refractivity (Wildman–Crippen MR) is 81.3 cm³/mol. The van der Waals surface area contributed by atoms with Gasteiger partial charge in [0.05, 0.1) is 12.2 Å². The predicted octanol–water partition coefficient (Wildman–Crippen LogP) is 3.42. The first kappa shape index (κ1) is 13.4. The first-order valence-corrected chi connectivity index (χ1v) is 7.47. The van der Waals surface area contributed by atoms with Crippen LogP contribution < -0.4 is 5.73 Å². The molecule has 0 bridgehead atoms. The molecule has 2 unspecified atom stereocenters. The summed E-state index contributed by atoms with van der Waals surface area (Å²) in [5.74, 6) is 1.59. The molecule has 1 fully saturated rings. The third-order valence-electron chi connectivity index (χ3n) is 4.41. The van der Waals surface area contributed by atoms with Crippen LogP contribution in [0.4, 0.5) is 5.69 Å². The lowest BCUT2D eigenvalue weighted by Crippen LogP contribution is -2.35. The van der Waals surface area contributed by atoms with Crippen LogP contribution in [0.2, 0.25) is 0 Å². The van der Waals surface area contributed by atoms with E-state index in [0.717, 1.165) is 29.5 Å². The number of hydrogen-bond donors (Lipinski definition) is 1. The van der Waals surface area contributed by atoms with E-state index in [2.05, 4.69) is 23.9 Å². The molecule has 0 amide bonds. The molecule has 1 aromatic carbocycles. The zero-order valence-corrected chi connectivity index (χ0v) is 12.3. The fourth-order valence-corrected chi connectivity index (χ4v) is 3.23. The maximum Gasteiger partial charge on any atom is 0.209 e. The number of nitrogen functional groups attached to an aromatic ring is 1. The van der Waals surface area contributed by atoms with Crippen molar-refractivity contribution < 1.29 is 4.42 Å². The molecule has 1 aromatic heterocycles. The molecule has 0 spiro atoms. The fraction of sp³-hybridized carbons (Fsp3) is 0.562. The van der Waals surface area contributed by atoms with Crippen molar-refractivity contribution >= 4 is 16.8 Å². The molecule has 2 N–H and O–H groups in total. The molecule has 2 atom stereocenters. The van der Waals surface area contributed by atoms with E-state index in [1.807, 2.05) is 18.2 Å². The molecule has 0 aliphatic heterocycles. The highest BCUT2D eigenvalue weighted by atomic mass is 16.3. The number of anilines is 1. The zero-order chi connectivity index (χ0) is 14.1. The Morgan fingerprint density at radius 1 is 1.40 bits per heavy atom. The van der Waals surface area contributed by atoms with Crippen molar-refractivity contribution in [1.82, 2.24) is 9.88 Å². The van der Waals surface area contributed by atoms with E-state index in [0.29, 0.717) is 11.7 Å². The van der Waals surface area contributed by atoms with E-state index in [4.69, 9.17) is 10.2 Å². The number of nitrogens with two attached hydrogens (primary N) is 1. The molecule has 1 aliphatic rings. The Bertz CT molecular complexity index is 592. The van der Waals surface area contributed by atoms with Gasteiger partial charge in [-0.15, -0.1) is 0 Å². The average molecular weight is 273 g/mol. The van der Waals surface area contributed by atoms with Gasteiger partial charge in [0.25, 0.3) is 0 Å². The Morgan fingerprint density at radius 2 is 2.25 bits per heavy atom. The molecule has 3 rings (SSSR count). The summed E-state index contributed by atoms with van der Waals surface area (Å²) in [6.45, 7) is 3.10. The van der Waals surface area contributed by atoms with Crippen LogP contribution >= 0.6 is 0 Å². The zero-order valence-electron chi connectivity index (χ0n) is 12.3. The van der Waals surface area contributed by atoms with Crippen LogP contribution in [0, 0.1) is 5.92 Å². The summed E-state index contributed by atoms with van der Waals surface area (Å²) in [4.78, 5) is 6.90. The molecule has 2 aromatic rings. The average Bonchev–Trinajstić information content (AvgIpc) is 2.83. The number of nitrogens with zero attached hydrogens (tertiary/aromatic N) is 2. The third-order valence-corrected chi connectivity index (χ3v) is 4.41. The van der Waals surface area contributed by atoms with Crippen molar-refractivity contribution in [2.45, 2.75) is 45.2 Å².